The average Bonchev–Trinajstić information content (AvgIpc) is 3.07. The van der Waals surface area contributed by atoms with Crippen LogP contribution < -0.4 is 9.62 Å². The second-order valence-electron chi connectivity index (χ2n) is 5.48. The van der Waals surface area contributed by atoms with E-state index in [9.17, 15) is 9.59 Å². The summed E-state index contributed by atoms with van der Waals surface area (Å²) in [6, 6.07) is 8.84. The number of hydrogen-bond acceptors (Lipinski definition) is 6. The van der Waals surface area contributed by atoms with E-state index in [2.05, 4.69) is 17.2 Å². The lowest BCUT2D eigenvalue weighted by molar-refractivity contribution is -0.119. The standard InChI is InChI=1S/C18H15ClN2O3S2/c1-21-18-14(9-13(25-18)3-2-8-22)15(23)16(26-21)17(24)20-10-11-4-6-12(19)7-5-11/h4-7,9,16,22H,8,10H2,1H3,(H,20,24). The molecule has 1 aliphatic rings. The summed E-state index contributed by atoms with van der Waals surface area (Å²) in [5.41, 5.74) is 1.40. The van der Waals surface area contributed by atoms with Gasteiger partial charge in [0.15, 0.2) is 11.0 Å². The predicted molar refractivity (Wildman–Crippen MR) is 106 cm³/mol. The molecule has 1 amide bonds. The minimum Gasteiger partial charge on any atom is -0.384 e. The third kappa shape index (κ3) is 4.05. The summed E-state index contributed by atoms with van der Waals surface area (Å²) >= 11 is 8.40. The second kappa shape index (κ2) is 8.14. The van der Waals surface area contributed by atoms with Crippen LogP contribution in [0.25, 0.3) is 0 Å². The van der Waals surface area contributed by atoms with E-state index in [0.717, 1.165) is 10.6 Å². The van der Waals surface area contributed by atoms with Crippen LogP contribution in [0.3, 0.4) is 0 Å². The molecule has 134 valence electrons. The SMILES string of the molecule is CN1SC(C(=O)NCc2ccc(Cl)cc2)C(=O)c2cc(C#CCO)sc21. The summed E-state index contributed by atoms with van der Waals surface area (Å²) in [4.78, 5) is 25.9. The molecule has 1 aromatic carbocycles. The van der Waals surface area contributed by atoms with Crippen molar-refractivity contribution in [2.75, 3.05) is 18.0 Å². The quantitative estimate of drug-likeness (QED) is 0.466. The number of aliphatic hydroxyl groups excluding tert-OH is 1. The zero-order valence-corrected chi connectivity index (χ0v) is 16.2. The van der Waals surface area contributed by atoms with Gasteiger partial charge in [-0.1, -0.05) is 35.6 Å². The fraction of sp³-hybridized carbons (Fsp3) is 0.222. The highest BCUT2D eigenvalue weighted by Gasteiger charge is 2.37. The third-order valence-electron chi connectivity index (χ3n) is 3.67. The Labute approximate surface area is 164 Å². The Morgan fingerprint density at radius 1 is 1.38 bits per heavy atom. The molecule has 0 bridgehead atoms. The zero-order chi connectivity index (χ0) is 18.7. The van der Waals surface area contributed by atoms with Gasteiger partial charge < -0.3 is 14.7 Å². The number of nitrogens with one attached hydrogen (secondary N) is 1. The Bertz CT molecular complexity index is 899. The van der Waals surface area contributed by atoms with Crippen molar-refractivity contribution in [1.82, 2.24) is 5.32 Å². The number of carbonyl (C=O) groups is 2. The number of benzene rings is 1. The van der Waals surface area contributed by atoms with Gasteiger partial charge in [0, 0.05) is 18.6 Å². The van der Waals surface area contributed by atoms with Gasteiger partial charge in [-0.2, -0.15) is 0 Å². The Hall–Kier alpha value is -1.98. The minimum atomic E-state index is -0.840. The molecule has 2 heterocycles. The molecule has 0 fully saturated rings. The molecule has 0 spiro atoms. The van der Waals surface area contributed by atoms with E-state index < -0.39 is 5.25 Å². The molecule has 2 aromatic rings. The Morgan fingerprint density at radius 2 is 2.12 bits per heavy atom. The first-order chi connectivity index (χ1) is 12.5. The Morgan fingerprint density at radius 3 is 2.81 bits per heavy atom. The molecule has 8 heteroatoms. The highest BCUT2D eigenvalue weighted by molar-refractivity contribution is 8.03. The molecule has 0 saturated heterocycles. The number of Topliss-reactive ketones (excluding diaryl/α,β-unsaturated/α-hetero) is 1. The molecular formula is C18H15ClN2O3S2. The second-order valence-corrected chi connectivity index (χ2v) is 8.18. The lowest BCUT2D eigenvalue weighted by Gasteiger charge is -2.27. The number of thiophene rings is 1. The summed E-state index contributed by atoms with van der Waals surface area (Å²) in [7, 11) is 1.81. The topological polar surface area (TPSA) is 69.6 Å². The van der Waals surface area contributed by atoms with Crippen LogP contribution in [0.15, 0.2) is 30.3 Å². The first-order valence-corrected chi connectivity index (χ1v) is 9.73. The van der Waals surface area contributed by atoms with Gasteiger partial charge in [-0.25, -0.2) is 0 Å². The van der Waals surface area contributed by atoms with Crippen LogP contribution in [0.1, 0.15) is 20.8 Å². The number of aliphatic hydroxyl groups is 1. The third-order valence-corrected chi connectivity index (χ3v) is 6.31. The average molecular weight is 407 g/mol. The highest BCUT2D eigenvalue weighted by atomic mass is 35.5. The van der Waals surface area contributed by atoms with Gasteiger partial charge in [0.2, 0.25) is 5.91 Å². The number of hydrogen-bond donors (Lipinski definition) is 2. The molecule has 1 atom stereocenters. The maximum Gasteiger partial charge on any atom is 0.243 e. The molecular weight excluding hydrogens is 392 g/mol. The monoisotopic (exact) mass is 406 g/mol. The van der Waals surface area contributed by atoms with Crippen molar-refractivity contribution < 1.29 is 14.7 Å². The van der Waals surface area contributed by atoms with Crippen LogP contribution in [0.4, 0.5) is 5.00 Å². The summed E-state index contributed by atoms with van der Waals surface area (Å²) in [6.45, 7) is 0.0879. The smallest absolute Gasteiger partial charge is 0.243 e. The van der Waals surface area contributed by atoms with Crippen LogP contribution in [0, 0.1) is 11.8 Å². The van der Waals surface area contributed by atoms with Crippen LogP contribution in [0.5, 0.6) is 0 Å². The van der Waals surface area contributed by atoms with E-state index in [-0.39, 0.29) is 18.3 Å². The highest BCUT2D eigenvalue weighted by Crippen LogP contribution is 2.41. The summed E-state index contributed by atoms with van der Waals surface area (Å²) in [5.74, 6) is 4.81. The van der Waals surface area contributed by atoms with Gasteiger partial charge in [-0.05, 0) is 35.7 Å². The van der Waals surface area contributed by atoms with Crippen LogP contribution >= 0.6 is 34.9 Å². The number of fused-ring (bicyclic) bond motifs is 1. The molecule has 26 heavy (non-hydrogen) atoms. The van der Waals surface area contributed by atoms with Crippen LogP contribution in [0.2, 0.25) is 5.02 Å². The Kier molecular flexibility index (Phi) is 5.89. The minimum absolute atomic E-state index is 0.231. The lowest BCUT2D eigenvalue weighted by atomic mass is 10.1. The number of nitrogens with zero attached hydrogens (tertiary/aromatic N) is 1. The van der Waals surface area contributed by atoms with Crippen molar-refractivity contribution in [3.63, 3.8) is 0 Å². The van der Waals surface area contributed by atoms with Gasteiger partial charge in [0.25, 0.3) is 0 Å². The molecule has 3 rings (SSSR count). The number of carbonyl (C=O) groups excluding carboxylic acids is 2. The fourth-order valence-electron chi connectivity index (χ4n) is 2.43. The Balaban J connectivity index is 1.72. The van der Waals surface area contributed by atoms with Crippen molar-refractivity contribution in [3.05, 3.63) is 51.4 Å². The van der Waals surface area contributed by atoms with Gasteiger partial charge in [-0.3, -0.25) is 9.59 Å². The molecule has 5 nitrogen and oxygen atoms in total. The molecule has 2 N–H and O–H groups in total. The van der Waals surface area contributed by atoms with Crippen molar-refractivity contribution in [1.29, 1.82) is 0 Å². The van der Waals surface area contributed by atoms with E-state index in [1.54, 1.807) is 18.2 Å². The summed E-state index contributed by atoms with van der Waals surface area (Å²) < 4.78 is 1.82. The van der Waals surface area contributed by atoms with E-state index in [0.29, 0.717) is 22.0 Å². The lowest BCUT2D eigenvalue weighted by Crippen LogP contribution is -2.41. The predicted octanol–water partition coefficient (Wildman–Crippen LogP) is 2.71. The molecule has 0 saturated carbocycles. The zero-order valence-electron chi connectivity index (χ0n) is 13.8. The van der Waals surface area contributed by atoms with Gasteiger partial charge >= 0.3 is 0 Å². The van der Waals surface area contributed by atoms with Gasteiger partial charge in [0.1, 0.15) is 11.6 Å². The van der Waals surface area contributed by atoms with E-state index in [1.165, 1.54) is 23.3 Å². The molecule has 1 aromatic heterocycles. The number of anilines is 1. The van der Waals surface area contributed by atoms with Crippen molar-refractivity contribution in [2.45, 2.75) is 11.8 Å². The number of ketones is 1. The molecule has 0 radical (unpaired) electrons. The maximum atomic E-state index is 12.7. The summed E-state index contributed by atoms with van der Waals surface area (Å²) in [5, 5.41) is 12.2. The normalized spacial score (nSPS) is 15.9. The number of amides is 1. The first kappa shape index (κ1) is 18.8. The largest absolute Gasteiger partial charge is 0.384 e. The van der Waals surface area contributed by atoms with Crippen LogP contribution in [-0.4, -0.2) is 35.7 Å². The number of rotatable bonds is 3. The molecule has 0 aliphatic carbocycles. The molecule has 1 aliphatic heterocycles. The summed E-state index contributed by atoms with van der Waals surface area (Å²) in [6.07, 6.45) is 0. The number of halogens is 1. The van der Waals surface area contributed by atoms with Crippen molar-refractivity contribution >= 4 is 51.6 Å². The van der Waals surface area contributed by atoms with E-state index in [4.69, 9.17) is 16.7 Å². The fourth-order valence-corrected chi connectivity index (χ4v) is 4.61. The van der Waals surface area contributed by atoms with Crippen molar-refractivity contribution in [3.8, 4) is 11.8 Å². The van der Waals surface area contributed by atoms with Gasteiger partial charge in [-0.15, -0.1) is 11.3 Å². The maximum absolute atomic E-state index is 12.7. The van der Waals surface area contributed by atoms with Crippen LogP contribution in [-0.2, 0) is 11.3 Å². The first-order valence-electron chi connectivity index (χ1n) is 7.70. The molecule has 1 unspecified atom stereocenters. The van der Waals surface area contributed by atoms with Gasteiger partial charge in [0.05, 0.1) is 10.4 Å². The van der Waals surface area contributed by atoms with Crippen molar-refractivity contribution in [2.24, 2.45) is 0 Å². The van der Waals surface area contributed by atoms with E-state index >= 15 is 0 Å². The van der Waals surface area contributed by atoms with E-state index in [1.807, 2.05) is 23.5 Å².